The number of nitro groups is 1. The van der Waals surface area contributed by atoms with E-state index in [1.165, 1.54) is 55.6 Å². The number of hydrogen-bond acceptors (Lipinski definition) is 6. The highest BCUT2D eigenvalue weighted by Crippen LogP contribution is 2.40. The number of carboxylic acid groups (broad SMARTS) is 1. The second-order valence-corrected chi connectivity index (χ2v) is 8.04. The average Bonchev–Trinajstić information content (AvgIpc) is 2.77. The van der Waals surface area contributed by atoms with Crippen LogP contribution in [0.3, 0.4) is 0 Å². The smallest absolute Gasteiger partial charge is 0.314 e. The zero-order chi connectivity index (χ0) is 23.7. The number of amides is 1. The third-order valence-corrected chi connectivity index (χ3v) is 5.96. The number of quaternary nitrogens is 1. The highest BCUT2D eigenvalue weighted by molar-refractivity contribution is 5.82. The summed E-state index contributed by atoms with van der Waals surface area (Å²) in [5, 5.41) is 23.4. The summed E-state index contributed by atoms with van der Waals surface area (Å²) in [6, 6.07) is 10.6. The van der Waals surface area contributed by atoms with E-state index < -0.39 is 39.2 Å². The molecule has 0 N–H and O–H groups in total. The van der Waals surface area contributed by atoms with Crippen LogP contribution in [0.2, 0.25) is 0 Å². The molecule has 1 aliphatic rings. The van der Waals surface area contributed by atoms with Gasteiger partial charge in [0.05, 0.1) is 18.6 Å². The van der Waals surface area contributed by atoms with E-state index in [-0.39, 0.29) is 36.4 Å². The summed E-state index contributed by atoms with van der Waals surface area (Å²) in [5.74, 6) is -4.92. The fourth-order valence-corrected chi connectivity index (χ4v) is 4.27. The van der Waals surface area contributed by atoms with Gasteiger partial charge in [-0.25, -0.2) is 13.3 Å². The molecule has 3 unspecified atom stereocenters. The van der Waals surface area contributed by atoms with Crippen LogP contribution in [-0.4, -0.2) is 37.2 Å². The number of hydrogen-bond donors (Lipinski definition) is 0. The lowest BCUT2D eigenvalue weighted by Crippen LogP contribution is -2.66. The Balaban J connectivity index is 2.05. The van der Waals surface area contributed by atoms with Crippen molar-refractivity contribution in [2.24, 2.45) is 5.92 Å². The predicted octanol–water partition coefficient (Wildman–Crippen LogP) is 3.33. The molecule has 0 bridgehead atoms. The van der Waals surface area contributed by atoms with Gasteiger partial charge in [-0.3, -0.25) is 14.9 Å². The van der Waals surface area contributed by atoms with E-state index in [1.54, 1.807) is 0 Å². The Morgan fingerprint density at radius 2 is 1.69 bits per heavy atom. The van der Waals surface area contributed by atoms with Crippen molar-refractivity contribution in [3.63, 3.8) is 0 Å². The van der Waals surface area contributed by atoms with Crippen molar-refractivity contribution in [2.75, 3.05) is 20.2 Å². The Bertz CT molecular complexity index is 1020. The second kappa shape index (κ2) is 8.62. The number of non-ortho nitro benzene ring substituents is 1. The lowest BCUT2D eigenvalue weighted by Gasteiger charge is -2.45. The fourth-order valence-electron chi connectivity index (χ4n) is 4.27. The first kappa shape index (κ1) is 23.3. The number of nitro benzene ring substituents is 1. The summed E-state index contributed by atoms with van der Waals surface area (Å²) >= 11 is 0. The SMILES string of the molecule is COC(=O)C1CC(c2ccc(C(C)(F)F)cc2)C[N+](C(=O)[O-])(c2ccc([N+](=O)[O-])cc2)C1. The molecule has 0 aliphatic carbocycles. The summed E-state index contributed by atoms with van der Waals surface area (Å²) in [7, 11) is 1.20. The Morgan fingerprint density at radius 3 is 2.16 bits per heavy atom. The Kier molecular flexibility index (Phi) is 6.27. The topological polar surface area (TPSA) is 110 Å². The van der Waals surface area contributed by atoms with Gasteiger partial charge in [-0.15, -0.1) is 0 Å². The number of methoxy groups -OCH3 is 1. The van der Waals surface area contributed by atoms with Crippen LogP contribution in [0.4, 0.5) is 25.0 Å². The number of rotatable bonds is 5. The van der Waals surface area contributed by atoms with Crippen LogP contribution in [0.15, 0.2) is 48.5 Å². The molecule has 0 radical (unpaired) electrons. The van der Waals surface area contributed by atoms with E-state index in [0.717, 1.165) is 6.92 Å². The average molecular weight is 448 g/mol. The largest absolute Gasteiger partial charge is 0.498 e. The fraction of sp³-hybridized carbons (Fsp3) is 0.364. The van der Waals surface area contributed by atoms with Gasteiger partial charge in [0.25, 0.3) is 17.7 Å². The van der Waals surface area contributed by atoms with Crippen LogP contribution in [0, 0.1) is 16.0 Å². The number of carbonyl (C=O) groups is 2. The summed E-state index contributed by atoms with van der Waals surface area (Å²) in [6.45, 7) is 0.604. The lowest BCUT2D eigenvalue weighted by molar-refractivity contribution is -0.384. The first-order valence-corrected chi connectivity index (χ1v) is 9.87. The van der Waals surface area contributed by atoms with Gasteiger partial charge in [0, 0.05) is 42.7 Å². The minimum Gasteiger partial charge on any atom is -0.498 e. The van der Waals surface area contributed by atoms with E-state index >= 15 is 0 Å². The molecule has 1 heterocycles. The first-order valence-electron chi connectivity index (χ1n) is 9.87. The van der Waals surface area contributed by atoms with Gasteiger partial charge in [-0.1, -0.05) is 24.3 Å². The van der Waals surface area contributed by atoms with Crippen LogP contribution >= 0.6 is 0 Å². The molecule has 0 saturated carbocycles. The molecule has 2 aromatic carbocycles. The molecule has 1 fully saturated rings. The van der Waals surface area contributed by atoms with E-state index in [0.29, 0.717) is 5.56 Å². The van der Waals surface area contributed by atoms with E-state index in [4.69, 9.17) is 4.74 Å². The standard InChI is InChI=1S/C22H22F2N2O6/c1-22(23,24)17-5-3-14(4-6-17)15-11-16(20(27)32-2)13-26(12-15,21(28)29)19-9-7-18(8-10-19)25(30)31/h3-10,15-16H,11-13H2,1-2H3. The minimum absolute atomic E-state index is 0.0184. The zero-order valence-electron chi connectivity index (χ0n) is 17.5. The predicted molar refractivity (Wildman–Crippen MR) is 109 cm³/mol. The highest BCUT2D eigenvalue weighted by atomic mass is 19.3. The number of esters is 1. The molecular formula is C22H22F2N2O6. The normalized spacial score (nSPS) is 23.4. The summed E-state index contributed by atoms with van der Waals surface area (Å²) in [4.78, 5) is 35.1. The highest BCUT2D eigenvalue weighted by Gasteiger charge is 2.47. The molecule has 1 saturated heterocycles. The molecule has 1 aliphatic heterocycles. The van der Waals surface area contributed by atoms with Crippen LogP contribution in [0.5, 0.6) is 0 Å². The van der Waals surface area contributed by atoms with Gasteiger partial charge in [0.15, 0.2) is 0 Å². The molecule has 10 heteroatoms. The zero-order valence-corrected chi connectivity index (χ0v) is 17.5. The van der Waals surface area contributed by atoms with Crippen molar-refractivity contribution in [3.05, 3.63) is 69.8 Å². The van der Waals surface area contributed by atoms with Crippen molar-refractivity contribution in [1.29, 1.82) is 0 Å². The Hall–Kier alpha value is -3.40. The van der Waals surface area contributed by atoms with Crippen molar-refractivity contribution in [3.8, 4) is 0 Å². The number of piperidine rings is 1. The minimum atomic E-state index is -3.02. The third-order valence-electron chi connectivity index (χ3n) is 5.96. The van der Waals surface area contributed by atoms with Crippen molar-refractivity contribution in [1.82, 2.24) is 4.48 Å². The first-order chi connectivity index (χ1) is 15.0. The summed E-state index contributed by atoms with van der Waals surface area (Å²) in [5.41, 5.74) is 0.417. The third kappa shape index (κ3) is 4.45. The van der Waals surface area contributed by atoms with E-state index in [9.17, 15) is 33.6 Å². The number of carbonyl (C=O) groups excluding carboxylic acids is 2. The number of ether oxygens (including phenoxy) is 1. The molecule has 2 aromatic rings. The maximum absolute atomic E-state index is 13.6. The van der Waals surface area contributed by atoms with E-state index in [1.807, 2.05) is 0 Å². The molecule has 1 amide bonds. The molecule has 32 heavy (non-hydrogen) atoms. The summed E-state index contributed by atoms with van der Waals surface area (Å²) < 4.78 is 31.3. The number of nitrogens with zero attached hydrogens (tertiary/aromatic N) is 2. The Labute approximate surface area is 182 Å². The van der Waals surface area contributed by atoms with Gasteiger partial charge >= 0.3 is 5.97 Å². The number of likely N-dealkylation sites (tertiary alicyclic amines) is 1. The monoisotopic (exact) mass is 448 g/mol. The molecule has 3 atom stereocenters. The van der Waals surface area contributed by atoms with Crippen LogP contribution in [-0.2, 0) is 15.5 Å². The molecule has 8 nitrogen and oxygen atoms in total. The number of benzene rings is 2. The van der Waals surface area contributed by atoms with Gasteiger partial charge in [-0.05, 0) is 12.0 Å². The number of halogens is 2. The van der Waals surface area contributed by atoms with Gasteiger partial charge in [0.1, 0.15) is 18.2 Å². The molecule has 3 rings (SSSR count). The van der Waals surface area contributed by atoms with Crippen molar-refractivity contribution in [2.45, 2.75) is 25.2 Å². The Morgan fingerprint density at radius 1 is 1.09 bits per heavy atom. The number of alkyl halides is 2. The molecular weight excluding hydrogens is 426 g/mol. The lowest BCUT2D eigenvalue weighted by atomic mass is 9.82. The van der Waals surface area contributed by atoms with Crippen molar-refractivity contribution < 1.29 is 33.1 Å². The van der Waals surface area contributed by atoms with Gasteiger partial charge < -0.3 is 14.6 Å². The van der Waals surface area contributed by atoms with Crippen LogP contribution < -0.4 is 9.59 Å². The van der Waals surface area contributed by atoms with Gasteiger partial charge in [0.2, 0.25) is 0 Å². The quantitative estimate of drug-likeness (QED) is 0.300. The maximum atomic E-state index is 13.6. The maximum Gasteiger partial charge on any atom is 0.314 e. The molecule has 170 valence electrons. The summed E-state index contributed by atoms with van der Waals surface area (Å²) in [6.07, 6.45) is -1.22. The van der Waals surface area contributed by atoms with Crippen LogP contribution in [0.1, 0.15) is 30.4 Å². The van der Waals surface area contributed by atoms with Crippen molar-refractivity contribution >= 4 is 23.4 Å². The van der Waals surface area contributed by atoms with E-state index in [2.05, 4.69) is 0 Å². The van der Waals surface area contributed by atoms with Crippen LogP contribution in [0.25, 0.3) is 0 Å². The molecule has 0 aromatic heterocycles. The second-order valence-electron chi connectivity index (χ2n) is 8.04. The molecule has 0 spiro atoms. The van der Waals surface area contributed by atoms with Gasteiger partial charge in [-0.2, -0.15) is 0 Å².